The fourth-order valence-electron chi connectivity index (χ4n) is 3.31. The Morgan fingerprint density at radius 3 is 1.63 bits per heavy atom. The van der Waals surface area contributed by atoms with E-state index in [-0.39, 0.29) is 56.9 Å². The molecular weight excluding hydrogens is 502 g/mol. The summed E-state index contributed by atoms with van der Waals surface area (Å²) < 4.78 is 0. The van der Waals surface area contributed by atoms with Gasteiger partial charge in [-0.05, 0) is 38.0 Å². The van der Waals surface area contributed by atoms with E-state index in [0.717, 1.165) is 0 Å². The largest absolute Gasteiger partial charge is 0.480 e. The van der Waals surface area contributed by atoms with Crippen LogP contribution in [-0.4, -0.2) is 77.3 Å². The van der Waals surface area contributed by atoms with Gasteiger partial charge in [-0.15, -0.1) is 0 Å². The lowest BCUT2D eigenvalue weighted by Gasteiger charge is -2.25. The Kier molecular flexibility index (Phi) is 15.7. The van der Waals surface area contributed by atoms with Crippen molar-refractivity contribution in [2.24, 2.45) is 39.6 Å². The predicted molar refractivity (Wildman–Crippen MR) is 138 cm³/mol. The van der Waals surface area contributed by atoms with Crippen molar-refractivity contribution >= 4 is 41.5 Å². The molecular formula is C22H41N9O7. The van der Waals surface area contributed by atoms with Gasteiger partial charge in [-0.25, -0.2) is 4.79 Å². The molecule has 4 atom stereocenters. The van der Waals surface area contributed by atoms with Gasteiger partial charge < -0.3 is 49.7 Å². The quantitative estimate of drug-likeness (QED) is 0.0439. The number of nitrogens with two attached hydrogens (primary N) is 5. The lowest BCUT2D eigenvalue weighted by atomic mass is 10.0. The highest BCUT2D eigenvalue weighted by Gasteiger charge is 2.30. The number of primary amides is 2. The van der Waals surface area contributed by atoms with Crippen LogP contribution >= 0.6 is 0 Å². The van der Waals surface area contributed by atoms with Crippen LogP contribution in [-0.2, 0) is 28.8 Å². The Bertz CT molecular complexity index is 875. The zero-order valence-electron chi connectivity index (χ0n) is 21.8. The molecule has 0 aliphatic carbocycles. The van der Waals surface area contributed by atoms with Crippen molar-refractivity contribution in [1.29, 1.82) is 0 Å². The molecule has 0 radical (unpaired) electrons. The number of hydrogen-bond acceptors (Lipinski definition) is 8. The van der Waals surface area contributed by atoms with E-state index in [1.807, 2.05) is 13.8 Å². The first-order valence-corrected chi connectivity index (χ1v) is 12.1. The van der Waals surface area contributed by atoms with E-state index < -0.39 is 59.7 Å². The highest BCUT2D eigenvalue weighted by atomic mass is 16.4. The Morgan fingerprint density at radius 1 is 0.737 bits per heavy atom. The van der Waals surface area contributed by atoms with Gasteiger partial charge in [-0.1, -0.05) is 13.8 Å². The predicted octanol–water partition coefficient (Wildman–Crippen LogP) is -3.52. The Morgan fingerprint density at radius 2 is 1.18 bits per heavy atom. The summed E-state index contributed by atoms with van der Waals surface area (Å²) in [7, 11) is 0. The van der Waals surface area contributed by atoms with Gasteiger partial charge in [0.2, 0.25) is 29.5 Å². The second-order valence-corrected chi connectivity index (χ2v) is 9.22. The second-order valence-electron chi connectivity index (χ2n) is 9.22. The first-order chi connectivity index (χ1) is 17.6. The number of aliphatic imine (C=N–C) groups is 1. The van der Waals surface area contributed by atoms with Gasteiger partial charge in [0.15, 0.2) is 5.96 Å². The summed E-state index contributed by atoms with van der Waals surface area (Å²) in [5.74, 6) is -5.27. The van der Waals surface area contributed by atoms with Crippen molar-refractivity contribution in [2.75, 3.05) is 6.54 Å². The molecule has 14 N–H and O–H groups in total. The minimum absolute atomic E-state index is 0.0140. The molecule has 16 nitrogen and oxygen atoms in total. The summed E-state index contributed by atoms with van der Waals surface area (Å²) in [6, 6.07) is -4.90. The van der Waals surface area contributed by atoms with Crippen LogP contribution in [0.5, 0.6) is 0 Å². The number of guanidine groups is 1. The van der Waals surface area contributed by atoms with Crippen LogP contribution in [0.4, 0.5) is 0 Å². The lowest BCUT2D eigenvalue weighted by Crippen LogP contribution is -2.57. The number of nitrogens with one attached hydrogen (secondary N) is 3. The molecule has 0 heterocycles. The molecule has 5 amide bonds. The van der Waals surface area contributed by atoms with E-state index in [2.05, 4.69) is 20.9 Å². The Balaban J connectivity index is 5.72. The SMILES string of the molecule is CC(C)CC(N)C(=O)NC(CCC(N)=O)C(=O)NC(CCCN=C(N)N)C(=O)NC(CCC(N)=O)C(=O)O. The molecule has 16 heteroatoms. The van der Waals surface area contributed by atoms with Gasteiger partial charge in [0, 0.05) is 19.4 Å². The summed E-state index contributed by atoms with van der Waals surface area (Å²) in [6.45, 7) is 3.84. The van der Waals surface area contributed by atoms with Crippen molar-refractivity contribution in [1.82, 2.24) is 16.0 Å². The van der Waals surface area contributed by atoms with Gasteiger partial charge in [-0.3, -0.25) is 29.0 Å². The maximum absolute atomic E-state index is 13.1. The summed E-state index contributed by atoms with van der Waals surface area (Å²) in [6.07, 6.45) is -0.430. The average Bonchev–Trinajstić information content (AvgIpc) is 2.79. The van der Waals surface area contributed by atoms with Gasteiger partial charge >= 0.3 is 5.97 Å². The molecule has 0 saturated heterocycles. The van der Waals surface area contributed by atoms with E-state index in [0.29, 0.717) is 6.42 Å². The van der Waals surface area contributed by atoms with Crippen LogP contribution in [0.15, 0.2) is 4.99 Å². The van der Waals surface area contributed by atoms with Crippen molar-refractivity contribution < 1.29 is 33.9 Å². The topological polar surface area (TPSA) is 301 Å². The van der Waals surface area contributed by atoms with E-state index in [1.165, 1.54) is 0 Å². The molecule has 216 valence electrons. The molecule has 38 heavy (non-hydrogen) atoms. The first kappa shape index (κ1) is 34.0. The third kappa shape index (κ3) is 15.2. The van der Waals surface area contributed by atoms with Gasteiger partial charge in [0.1, 0.15) is 18.1 Å². The normalized spacial score (nSPS) is 13.9. The molecule has 0 fully saturated rings. The maximum atomic E-state index is 13.1. The van der Waals surface area contributed by atoms with Gasteiger partial charge in [-0.2, -0.15) is 0 Å². The average molecular weight is 544 g/mol. The summed E-state index contributed by atoms with van der Waals surface area (Å²) in [5.41, 5.74) is 26.7. The molecule has 0 aliphatic rings. The molecule has 0 aromatic rings. The van der Waals surface area contributed by atoms with Crippen LogP contribution in [0, 0.1) is 5.92 Å². The number of carboxylic acids is 1. The number of amides is 5. The van der Waals surface area contributed by atoms with E-state index in [4.69, 9.17) is 28.7 Å². The van der Waals surface area contributed by atoms with Gasteiger partial charge in [0.25, 0.3) is 0 Å². The molecule has 0 bridgehead atoms. The number of nitrogens with zero attached hydrogens (tertiary/aromatic N) is 1. The summed E-state index contributed by atoms with van der Waals surface area (Å²) in [5, 5.41) is 16.6. The Labute approximate surface area is 220 Å². The number of hydrogen-bond donors (Lipinski definition) is 9. The first-order valence-electron chi connectivity index (χ1n) is 12.1. The van der Waals surface area contributed by atoms with Crippen molar-refractivity contribution in [2.45, 2.75) is 83.0 Å². The summed E-state index contributed by atoms with van der Waals surface area (Å²) >= 11 is 0. The Hall–Kier alpha value is -3.95. The van der Waals surface area contributed by atoms with Crippen molar-refractivity contribution in [3.05, 3.63) is 0 Å². The lowest BCUT2D eigenvalue weighted by molar-refractivity contribution is -0.142. The fourth-order valence-corrected chi connectivity index (χ4v) is 3.31. The number of aliphatic carboxylic acids is 1. The second kappa shape index (κ2) is 17.5. The van der Waals surface area contributed by atoms with Crippen LogP contribution < -0.4 is 44.6 Å². The third-order valence-electron chi connectivity index (χ3n) is 5.25. The van der Waals surface area contributed by atoms with E-state index in [9.17, 15) is 33.9 Å². The zero-order valence-corrected chi connectivity index (χ0v) is 21.8. The molecule has 0 aromatic carbocycles. The summed E-state index contributed by atoms with van der Waals surface area (Å²) in [4.78, 5) is 76.3. The molecule has 0 spiro atoms. The minimum atomic E-state index is -1.45. The third-order valence-corrected chi connectivity index (χ3v) is 5.25. The van der Waals surface area contributed by atoms with Crippen LogP contribution in [0.25, 0.3) is 0 Å². The highest BCUT2D eigenvalue weighted by molar-refractivity contribution is 5.94. The number of carboxylic acid groups (broad SMARTS) is 1. The maximum Gasteiger partial charge on any atom is 0.326 e. The van der Waals surface area contributed by atoms with Crippen LogP contribution in [0.3, 0.4) is 0 Å². The smallest absolute Gasteiger partial charge is 0.326 e. The van der Waals surface area contributed by atoms with Crippen LogP contribution in [0.2, 0.25) is 0 Å². The highest BCUT2D eigenvalue weighted by Crippen LogP contribution is 2.07. The molecule has 0 saturated carbocycles. The standard InChI is InChI=1S/C22H41N9O7/c1-11(2)10-12(23)18(34)29-14(5-7-16(24)32)20(36)30-13(4-3-9-28-22(26)27)19(35)31-15(21(37)38)6-8-17(25)33/h11-15H,3-10,23H2,1-2H3,(H2,24,32)(H2,25,33)(H,29,34)(H,30,36)(H,31,35)(H,37,38)(H4,26,27,28). The molecule has 0 aromatic heterocycles. The minimum Gasteiger partial charge on any atom is -0.480 e. The molecule has 0 rings (SSSR count). The zero-order chi connectivity index (χ0) is 29.4. The fraction of sp³-hybridized carbons (Fsp3) is 0.682. The number of carbonyl (C=O) groups is 6. The number of rotatable bonds is 19. The monoisotopic (exact) mass is 543 g/mol. The van der Waals surface area contributed by atoms with E-state index in [1.54, 1.807) is 0 Å². The van der Waals surface area contributed by atoms with Crippen LogP contribution in [0.1, 0.15) is 58.8 Å². The van der Waals surface area contributed by atoms with Gasteiger partial charge in [0.05, 0.1) is 6.04 Å². The number of carbonyl (C=O) groups excluding carboxylic acids is 5. The van der Waals surface area contributed by atoms with E-state index >= 15 is 0 Å². The van der Waals surface area contributed by atoms with Crippen molar-refractivity contribution in [3.63, 3.8) is 0 Å². The van der Waals surface area contributed by atoms with Crippen molar-refractivity contribution in [3.8, 4) is 0 Å². The molecule has 0 aliphatic heterocycles. The molecule has 4 unspecified atom stereocenters.